The maximum absolute atomic E-state index is 14.7. The van der Waals surface area contributed by atoms with Gasteiger partial charge >= 0.3 is 12.1 Å². The second-order valence-electron chi connectivity index (χ2n) is 11.4. The molecule has 5 rings (SSSR count). The second-order valence-corrected chi connectivity index (χ2v) is 11.4. The fourth-order valence-electron chi connectivity index (χ4n) is 6.38. The highest BCUT2D eigenvalue weighted by Gasteiger charge is 2.46. The summed E-state index contributed by atoms with van der Waals surface area (Å²) in [6.07, 6.45) is 6.53. The first-order valence-electron chi connectivity index (χ1n) is 14.9. The lowest BCUT2D eigenvalue weighted by atomic mass is 9.82. The van der Waals surface area contributed by atoms with E-state index < -0.39 is 23.2 Å². The van der Waals surface area contributed by atoms with E-state index >= 15 is 0 Å². The van der Waals surface area contributed by atoms with Crippen LogP contribution in [0.25, 0.3) is 0 Å². The van der Waals surface area contributed by atoms with Crippen LogP contribution in [-0.2, 0) is 27.9 Å². The van der Waals surface area contributed by atoms with Gasteiger partial charge in [0.1, 0.15) is 0 Å². The number of hydrogen-bond donors (Lipinski definition) is 1. The highest BCUT2D eigenvalue weighted by Crippen LogP contribution is 2.36. The summed E-state index contributed by atoms with van der Waals surface area (Å²) >= 11 is 0. The molecule has 0 amide bonds. The number of hydroxylamine groups is 2. The molecule has 0 heterocycles. The number of nitrogens with one attached hydrogen (secondary N) is 1. The van der Waals surface area contributed by atoms with Crippen LogP contribution in [-0.4, -0.2) is 23.1 Å². The Labute approximate surface area is 240 Å². The molecule has 0 aliphatic heterocycles. The lowest BCUT2D eigenvalue weighted by Gasteiger charge is -2.42. The van der Waals surface area contributed by atoms with E-state index in [9.17, 15) is 18.0 Å². The SMILES string of the molecule is O=C(ON(C1CCCCC1)C1CCCCC1)C(NCc1ccc(C(F)(F)F)cc1)(c1ccccc1)c1ccccc1. The Bertz CT molecular complexity index is 1180. The summed E-state index contributed by atoms with van der Waals surface area (Å²) in [5.74, 6) is -0.419. The second kappa shape index (κ2) is 13.2. The van der Waals surface area contributed by atoms with E-state index in [1.807, 2.05) is 65.7 Å². The Hall–Kier alpha value is -3.16. The third-order valence-corrected chi connectivity index (χ3v) is 8.62. The molecule has 41 heavy (non-hydrogen) atoms. The van der Waals surface area contributed by atoms with E-state index in [1.165, 1.54) is 25.0 Å². The van der Waals surface area contributed by atoms with Crippen LogP contribution in [0.5, 0.6) is 0 Å². The zero-order valence-electron chi connectivity index (χ0n) is 23.4. The molecule has 0 aromatic heterocycles. The van der Waals surface area contributed by atoms with Gasteiger partial charge in [-0.1, -0.05) is 111 Å². The third-order valence-electron chi connectivity index (χ3n) is 8.62. The van der Waals surface area contributed by atoms with Gasteiger partial charge in [0.05, 0.1) is 5.56 Å². The van der Waals surface area contributed by atoms with E-state index in [1.54, 1.807) is 0 Å². The van der Waals surface area contributed by atoms with Crippen LogP contribution >= 0.6 is 0 Å². The molecule has 3 aromatic rings. The van der Waals surface area contributed by atoms with Gasteiger partial charge < -0.3 is 4.84 Å². The number of rotatable bonds is 9. The monoisotopic (exact) mass is 564 g/mol. The average Bonchev–Trinajstić information content (AvgIpc) is 3.02. The van der Waals surface area contributed by atoms with Crippen LogP contribution in [0.15, 0.2) is 84.9 Å². The normalized spacial score (nSPS) is 17.5. The highest BCUT2D eigenvalue weighted by atomic mass is 19.4. The molecule has 7 heteroatoms. The summed E-state index contributed by atoms with van der Waals surface area (Å²) in [7, 11) is 0. The first-order valence-corrected chi connectivity index (χ1v) is 14.9. The van der Waals surface area contributed by atoms with Gasteiger partial charge in [-0.25, -0.2) is 4.79 Å². The summed E-state index contributed by atoms with van der Waals surface area (Å²) in [6.45, 7) is 0.171. The molecular weight excluding hydrogens is 525 g/mol. The van der Waals surface area contributed by atoms with Gasteiger partial charge in [0, 0.05) is 18.6 Å². The van der Waals surface area contributed by atoms with E-state index in [4.69, 9.17) is 4.84 Å². The fourth-order valence-corrected chi connectivity index (χ4v) is 6.38. The number of nitrogens with zero attached hydrogens (tertiary/aromatic N) is 1. The fraction of sp³-hybridized carbons (Fsp3) is 0.441. The molecule has 2 aliphatic carbocycles. The van der Waals surface area contributed by atoms with Crippen LogP contribution in [0.1, 0.15) is 86.5 Å². The van der Waals surface area contributed by atoms with Crippen molar-refractivity contribution in [2.45, 2.75) is 94.6 Å². The maximum Gasteiger partial charge on any atom is 0.416 e. The number of carbonyl (C=O) groups excluding carboxylic acids is 1. The van der Waals surface area contributed by atoms with Crippen molar-refractivity contribution in [3.63, 3.8) is 0 Å². The van der Waals surface area contributed by atoms with Crippen LogP contribution in [0.2, 0.25) is 0 Å². The predicted octanol–water partition coefficient (Wildman–Crippen LogP) is 8.16. The zero-order chi connectivity index (χ0) is 28.7. The average molecular weight is 565 g/mol. The van der Waals surface area contributed by atoms with E-state index in [0.29, 0.717) is 5.56 Å². The molecule has 0 atom stereocenters. The number of benzene rings is 3. The maximum atomic E-state index is 14.7. The van der Waals surface area contributed by atoms with Gasteiger partial charge in [0.15, 0.2) is 5.54 Å². The van der Waals surface area contributed by atoms with Crippen molar-refractivity contribution in [2.24, 2.45) is 0 Å². The molecule has 0 saturated heterocycles. The predicted molar refractivity (Wildman–Crippen MR) is 154 cm³/mol. The topological polar surface area (TPSA) is 41.6 Å². The minimum atomic E-state index is -4.41. The van der Waals surface area contributed by atoms with Crippen molar-refractivity contribution in [1.82, 2.24) is 10.4 Å². The Morgan fingerprint density at radius 3 is 1.59 bits per heavy atom. The molecule has 2 aliphatic rings. The van der Waals surface area contributed by atoms with Gasteiger partial charge in [-0.05, 0) is 54.5 Å². The van der Waals surface area contributed by atoms with Crippen LogP contribution in [0.4, 0.5) is 13.2 Å². The Balaban J connectivity index is 1.52. The number of carbonyl (C=O) groups is 1. The highest BCUT2D eigenvalue weighted by molar-refractivity contribution is 5.87. The minimum Gasteiger partial charge on any atom is -0.365 e. The molecular formula is C34H39F3N2O2. The molecule has 0 bridgehead atoms. The zero-order valence-corrected chi connectivity index (χ0v) is 23.4. The molecule has 4 nitrogen and oxygen atoms in total. The van der Waals surface area contributed by atoms with Gasteiger partial charge in [-0.15, -0.1) is 5.06 Å². The van der Waals surface area contributed by atoms with Crippen molar-refractivity contribution in [1.29, 1.82) is 0 Å². The van der Waals surface area contributed by atoms with Crippen molar-refractivity contribution < 1.29 is 22.8 Å². The van der Waals surface area contributed by atoms with Crippen molar-refractivity contribution in [2.75, 3.05) is 0 Å². The quantitative estimate of drug-likeness (QED) is 0.266. The van der Waals surface area contributed by atoms with Gasteiger partial charge in [0.2, 0.25) is 0 Å². The van der Waals surface area contributed by atoms with Crippen molar-refractivity contribution in [3.8, 4) is 0 Å². The van der Waals surface area contributed by atoms with E-state index in [-0.39, 0.29) is 18.6 Å². The summed E-state index contributed by atoms with van der Waals surface area (Å²) in [6, 6.07) is 24.4. The molecule has 2 fully saturated rings. The van der Waals surface area contributed by atoms with Crippen LogP contribution < -0.4 is 5.32 Å². The minimum absolute atomic E-state index is 0.171. The molecule has 3 aromatic carbocycles. The molecule has 0 unspecified atom stereocenters. The smallest absolute Gasteiger partial charge is 0.365 e. The standard InChI is InChI=1S/C34H39F3N2O2/c35-34(36,37)29-23-21-26(22-24-29)25-38-33(27-13-5-1-6-14-27,28-15-7-2-8-16-28)32(40)41-39(30-17-9-3-10-18-30)31-19-11-4-12-20-31/h1-2,5-8,13-16,21-24,30-31,38H,3-4,9-12,17-20,25H2. The number of hydrogen-bond acceptors (Lipinski definition) is 4. The molecule has 0 radical (unpaired) electrons. The van der Waals surface area contributed by atoms with E-state index in [0.717, 1.165) is 74.6 Å². The molecule has 1 N–H and O–H groups in total. The summed E-state index contributed by atoms with van der Waals surface area (Å²) in [4.78, 5) is 21.2. The summed E-state index contributed by atoms with van der Waals surface area (Å²) in [5, 5.41) is 5.50. The van der Waals surface area contributed by atoms with Crippen LogP contribution in [0, 0.1) is 0 Å². The Kier molecular flexibility index (Phi) is 9.46. The summed E-state index contributed by atoms with van der Waals surface area (Å²) in [5.41, 5.74) is 0.00471. The van der Waals surface area contributed by atoms with Crippen LogP contribution in [0.3, 0.4) is 0 Å². The number of halogens is 3. The van der Waals surface area contributed by atoms with E-state index in [2.05, 4.69) is 5.32 Å². The van der Waals surface area contributed by atoms with Crippen molar-refractivity contribution in [3.05, 3.63) is 107 Å². The first-order chi connectivity index (χ1) is 19.9. The van der Waals surface area contributed by atoms with Gasteiger partial charge in [0.25, 0.3) is 0 Å². The lowest BCUT2D eigenvalue weighted by molar-refractivity contribution is -0.228. The Morgan fingerprint density at radius 2 is 1.15 bits per heavy atom. The van der Waals surface area contributed by atoms with Gasteiger partial charge in [-0.2, -0.15) is 13.2 Å². The van der Waals surface area contributed by atoms with Gasteiger partial charge in [-0.3, -0.25) is 5.32 Å². The summed E-state index contributed by atoms with van der Waals surface area (Å²) < 4.78 is 39.6. The van der Waals surface area contributed by atoms with Crippen molar-refractivity contribution >= 4 is 5.97 Å². The molecule has 0 spiro atoms. The Morgan fingerprint density at radius 1 is 0.683 bits per heavy atom. The molecule has 2 saturated carbocycles. The first kappa shape index (κ1) is 29.3. The number of alkyl halides is 3. The lowest BCUT2D eigenvalue weighted by Crippen LogP contribution is -2.55. The largest absolute Gasteiger partial charge is 0.416 e. The third kappa shape index (κ3) is 6.84. The molecule has 218 valence electrons.